The van der Waals surface area contributed by atoms with Gasteiger partial charge in [-0.15, -0.1) is 6.42 Å². The first-order valence-electron chi connectivity index (χ1n) is 4.91. The van der Waals surface area contributed by atoms with Gasteiger partial charge in [-0.3, -0.25) is 4.79 Å². The van der Waals surface area contributed by atoms with Crippen LogP contribution in [0.15, 0.2) is 29.2 Å². The van der Waals surface area contributed by atoms with Crippen LogP contribution in [-0.4, -0.2) is 32.7 Å². The lowest BCUT2D eigenvalue weighted by Crippen LogP contribution is -2.37. The Labute approximate surface area is 103 Å². The Balaban J connectivity index is 2.89. The van der Waals surface area contributed by atoms with Crippen molar-refractivity contribution in [2.75, 3.05) is 7.05 Å². The minimum absolute atomic E-state index is 0.527. The Hall–Kier alpha value is -1.64. The summed E-state index contributed by atoms with van der Waals surface area (Å²) in [6.45, 7) is 1.48. The Kier molecular flexibility index (Phi) is 4.44. The van der Waals surface area contributed by atoms with Gasteiger partial charge in [-0.05, 0) is 31.2 Å². The summed E-state index contributed by atoms with van der Waals surface area (Å²) in [5, 5.41) is 8.83. The Morgan fingerprint density at radius 3 is 2.41 bits per heavy atom. The molecule has 0 bridgehead atoms. The highest BCUT2D eigenvalue weighted by atomic mass is 32.2. The first kappa shape index (κ1) is 13.4. The van der Waals surface area contributed by atoms with Gasteiger partial charge in [0.05, 0.1) is 4.90 Å². The summed E-state index contributed by atoms with van der Waals surface area (Å²) in [4.78, 5) is 11.3. The Bertz CT molecular complexity index is 476. The monoisotopic (exact) mass is 251 g/mol. The highest BCUT2D eigenvalue weighted by molar-refractivity contribution is 7.82. The van der Waals surface area contributed by atoms with E-state index in [2.05, 4.69) is 5.92 Å². The number of aliphatic carboxylic acids is 1. The maximum Gasteiger partial charge on any atom is 0.321 e. The summed E-state index contributed by atoms with van der Waals surface area (Å²) in [6.07, 6.45) is 5.21. The zero-order valence-corrected chi connectivity index (χ0v) is 10.4. The average Bonchev–Trinajstić information content (AvgIpc) is 2.36. The van der Waals surface area contributed by atoms with Gasteiger partial charge in [-0.2, -0.15) is 0 Å². The summed E-state index contributed by atoms with van der Waals surface area (Å²) in [5.74, 6) is 1.44. The van der Waals surface area contributed by atoms with E-state index >= 15 is 0 Å². The molecule has 0 radical (unpaired) electrons. The van der Waals surface area contributed by atoms with Crippen molar-refractivity contribution in [2.45, 2.75) is 17.9 Å². The molecule has 1 unspecified atom stereocenters. The van der Waals surface area contributed by atoms with Crippen molar-refractivity contribution < 1.29 is 14.1 Å². The molecule has 17 heavy (non-hydrogen) atoms. The molecule has 0 aliphatic rings. The number of hydrogen-bond acceptors (Lipinski definition) is 2. The van der Waals surface area contributed by atoms with Crippen molar-refractivity contribution in [3.05, 3.63) is 29.8 Å². The fourth-order valence-electron chi connectivity index (χ4n) is 1.13. The van der Waals surface area contributed by atoms with Crippen LogP contribution in [0.5, 0.6) is 0 Å². The summed E-state index contributed by atoms with van der Waals surface area (Å²) < 4.78 is 13.3. The van der Waals surface area contributed by atoms with Gasteiger partial charge in [0.25, 0.3) is 0 Å². The van der Waals surface area contributed by atoms with Crippen LogP contribution < -0.4 is 0 Å². The maximum atomic E-state index is 12.0. The number of carboxylic acid groups (broad SMARTS) is 1. The fourth-order valence-corrected chi connectivity index (χ4v) is 2.21. The predicted molar refractivity (Wildman–Crippen MR) is 65.6 cm³/mol. The third-order valence-corrected chi connectivity index (χ3v) is 3.90. The van der Waals surface area contributed by atoms with E-state index in [1.165, 1.54) is 18.3 Å². The van der Waals surface area contributed by atoms with Gasteiger partial charge in [0, 0.05) is 12.6 Å². The van der Waals surface area contributed by atoms with Gasteiger partial charge in [0.1, 0.15) is 17.0 Å². The molecular formula is C12H13NO3S. The molecule has 1 N–H and O–H groups in total. The fraction of sp³-hybridized carbons (Fsp3) is 0.250. The van der Waals surface area contributed by atoms with Gasteiger partial charge in [-0.25, -0.2) is 8.51 Å². The quantitative estimate of drug-likeness (QED) is 0.815. The van der Waals surface area contributed by atoms with E-state index in [4.69, 9.17) is 11.5 Å². The van der Waals surface area contributed by atoms with E-state index in [0.717, 1.165) is 0 Å². The third-order valence-electron chi connectivity index (χ3n) is 2.39. The molecule has 0 heterocycles. The number of hydrogen-bond donors (Lipinski definition) is 1. The second kappa shape index (κ2) is 5.62. The van der Waals surface area contributed by atoms with Crippen molar-refractivity contribution in [1.82, 2.24) is 4.31 Å². The summed E-state index contributed by atoms with van der Waals surface area (Å²) in [6, 6.07) is 5.80. The molecule has 0 aromatic heterocycles. The van der Waals surface area contributed by atoms with Crippen LogP contribution in [0, 0.1) is 12.3 Å². The average molecular weight is 251 g/mol. The molecule has 1 aromatic rings. The van der Waals surface area contributed by atoms with Crippen LogP contribution >= 0.6 is 0 Å². The first-order valence-corrected chi connectivity index (χ1v) is 6.02. The zero-order chi connectivity index (χ0) is 13.0. The highest BCUT2D eigenvalue weighted by Gasteiger charge is 2.22. The molecule has 4 nitrogen and oxygen atoms in total. The normalized spacial score (nSPS) is 14.0. The minimum atomic E-state index is -1.51. The van der Waals surface area contributed by atoms with Crippen molar-refractivity contribution in [3.8, 4) is 12.3 Å². The summed E-state index contributed by atoms with van der Waals surface area (Å²) in [7, 11) is -0.00122. The molecule has 90 valence electrons. The van der Waals surface area contributed by atoms with E-state index in [1.54, 1.807) is 24.3 Å². The van der Waals surface area contributed by atoms with Gasteiger partial charge in [0.2, 0.25) is 0 Å². The van der Waals surface area contributed by atoms with Gasteiger partial charge in [-0.1, -0.05) is 5.92 Å². The van der Waals surface area contributed by atoms with Gasteiger partial charge >= 0.3 is 5.97 Å². The second-order valence-corrected chi connectivity index (χ2v) is 5.02. The lowest BCUT2D eigenvalue weighted by atomic mass is 10.2. The van der Waals surface area contributed by atoms with E-state index < -0.39 is 23.0 Å². The molecular weight excluding hydrogens is 238 g/mol. The number of benzene rings is 1. The standard InChI is InChI=1S/C12H13NO3S/c1-4-10-5-7-11(8-6-10)17(16)13(3)9(2)12(14)15/h1,5-9H,2-3H3,(H,14,15)/t9-,17?/m1/s1. The minimum Gasteiger partial charge on any atom is -0.480 e. The third kappa shape index (κ3) is 3.16. The number of nitrogens with zero attached hydrogens (tertiary/aromatic N) is 1. The first-order chi connectivity index (χ1) is 7.97. The molecule has 2 atom stereocenters. The topological polar surface area (TPSA) is 57.6 Å². The predicted octanol–water partition coefficient (Wildman–Crippen LogP) is 1.10. The molecule has 1 rings (SSSR count). The van der Waals surface area contributed by atoms with Crippen LogP contribution in [0.1, 0.15) is 12.5 Å². The van der Waals surface area contributed by atoms with Crippen LogP contribution in [0.2, 0.25) is 0 Å². The van der Waals surface area contributed by atoms with E-state index in [-0.39, 0.29) is 0 Å². The molecule has 0 fully saturated rings. The molecule has 0 aliphatic heterocycles. The largest absolute Gasteiger partial charge is 0.480 e. The van der Waals surface area contributed by atoms with Gasteiger partial charge < -0.3 is 5.11 Å². The lowest BCUT2D eigenvalue weighted by Gasteiger charge is -2.19. The number of carboxylic acids is 1. The molecule has 0 amide bonds. The van der Waals surface area contributed by atoms with E-state index in [9.17, 15) is 9.00 Å². The Morgan fingerprint density at radius 1 is 1.47 bits per heavy atom. The highest BCUT2D eigenvalue weighted by Crippen LogP contribution is 2.13. The van der Waals surface area contributed by atoms with Crippen LogP contribution in [-0.2, 0) is 15.8 Å². The molecule has 1 aromatic carbocycles. The lowest BCUT2D eigenvalue weighted by molar-refractivity contribution is -0.140. The van der Waals surface area contributed by atoms with Crippen LogP contribution in [0.25, 0.3) is 0 Å². The van der Waals surface area contributed by atoms with Crippen molar-refractivity contribution in [3.63, 3.8) is 0 Å². The molecule has 0 spiro atoms. The van der Waals surface area contributed by atoms with Crippen molar-refractivity contribution in [2.24, 2.45) is 0 Å². The molecule has 0 saturated heterocycles. The van der Waals surface area contributed by atoms with E-state index in [1.807, 2.05) is 0 Å². The summed E-state index contributed by atoms with van der Waals surface area (Å²) in [5.41, 5.74) is 0.694. The SMILES string of the molecule is C#Cc1ccc(S(=O)N(C)[C@H](C)C(=O)O)cc1. The molecule has 0 saturated carbocycles. The number of likely N-dealkylation sites (N-methyl/N-ethyl adjacent to an activating group) is 1. The number of rotatable bonds is 4. The van der Waals surface area contributed by atoms with Crippen LogP contribution in [0.4, 0.5) is 0 Å². The zero-order valence-electron chi connectivity index (χ0n) is 9.58. The Morgan fingerprint density at radius 2 is 2.00 bits per heavy atom. The van der Waals surface area contributed by atoms with E-state index in [0.29, 0.717) is 10.5 Å². The molecule has 0 aliphatic carbocycles. The maximum absolute atomic E-state index is 12.0. The van der Waals surface area contributed by atoms with Gasteiger partial charge in [0.15, 0.2) is 0 Å². The molecule has 5 heteroatoms. The van der Waals surface area contributed by atoms with Crippen LogP contribution in [0.3, 0.4) is 0 Å². The number of terminal acetylenes is 1. The summed E-state index contributed by atoms with van der Waals surface area (Å²) >= 11 is 0. The van der Waals surface area contributed by atoms with Crippen molar-refractivity contribution in [1.29, 1.82) is 0 Å². The number of carbonyl (C=O) groups is 1. The van der Waals surface area contributed by atoms with Crippen molar-refractivity contribution >= 4 is 17.0 Å². The second-order valence-electron chi connectivity index (χ2n) is 3.48. The smallest absolute Gasteiger partial charge is 0.321 e.